The molecule has 0 heterocycles. The molecule has 0 aromatic rings. The second-order valence-electron chi connectivity index (χ2n) is 4.75. The second-order valence-corrected chi connectivity index (χ2v) is 5.77. The van der Waals surface area contributed by atoms with Crippen LogP contribution in [0.3, 0.4) is 0 Å². The maximum atomic E-state index is 11.5. The third-order valence-corrected chi connectivity index (χ3v) is 2.81. The Kier molecular flexibility index (Phi) is 6.19. The lowest BCUT2D eigenvalue weighted by Gasteiger charge is -2.25. The van der Waals surface area contributed by atoms with Gasteiger partial charge in [-0.05, 0) is 33.1 Å². The van der Waals surface area contributed by atoms with E-state index in [1.807, 2.05) is 13.8 Å². The van der Waals surface area contributed by atoms with Crippen LogP contribution in [-0.4, -0.2) is 27.7 Å². The van der Waals surface area contributed by atoms with Gasteiger partial charge in [-0.2, -0.15) is 0 Å². The van der Waals surface area contributed by atoms with Gasteiger partial charge in [-0.25, -0.2) is 0 Å². The van der Waals surface area contributed by atoms with Crippen molar-refractivity contribution >= 4 is 23.7 Å². The highest BCUT2D eigenvalue weighted by Crippen LogP contribution is 2.26. The predicted octanol–water partition coefficient (Wildman–Crippen LogP) is 2.47. The summed E-state index contributed by atoms with van der Waals surface area (Å²) in [5, 5.41) is 10.1. The Balaban J connectivity index is 4.34. The molecule has 0 saturated carbocycles. The van der Waals surface area contributed by atoms with Crippen molar-refractivity contribution in [3.05, 3.63) is 0 Å². The second kappa shape index (κ2) is 6.36. The summed E-state index contributed by atoms with van der Waals surface area (Å²) in [6.45, 7) is 5.45. The zero-order valence-corrected chi connectivity index (χ0v) is 11.0. The minimum absolute atomic E-state index is 0.123. The van der Waals surface area contributed by atoms with Gasteiger partial charge in [0, 0.05) is 17.7 Å². The van der Waals surface area contributed by atoms with Crippen LogP contribution in [0.15, 0.2) is 0 Å². The Hall–Kier alpha value is -0.410. The van der Waals surface area contributed by atoms with E-state index in [2.05, 4.69) is 0 Å². The number of carbonyl (C=O) groups is 2. The molecule has 3 nitrogen and oxygen atoms in total. The minimum Gasteiger partial charge on any atom is -0.382 e. The highest BCUT2D eigenvalue weighted by Gasteiger charge is 2.33. The molecule has 0 spiro atoms. The Morgan fingerprint density at radius 1 is 1.38 bits per heavy atom. The van der Waals surface area contributed by atoms with Gasteiger partial charge in [0.05, 0.1) is 0 Å². The average Bonchev–Trinajstić information content (AvgIpc) is 2.14. The molecule has 0 aliphatic heterocycles. The van der Waals surface area contributed by atoms with Crippen molar-refractivity contribution in [2.24, 2.45) is 0 Å². The van der Waals surface area contributed by atoms with Gasteiger partial charge in [0.25, 0.3) is 0 Å². The molecule has 1 N–H and O–H groups in total. The lowest BCUT2D eigenvalue weighted by Crippen LogP contribution is -2.39. The first kappa shape index (κ1) is 15.6. The largest absolute Gasteiger partial charge is 0.382 e. The summed E-state index contributed by atoms with van der Waals surface area (Å²) in [4.78, 5) is 21.7. The van der Waals surface area contributed by atoms with E-state index in [0.29, 0.717) is 25.5 Å². The van der Waals surface area contributed by atoms with Crippen molar-refractivity contribution in [3.8, 4) is 0 Å². The molecule has 0 amide bonds. The highest BCUT2D eigenvalue weighted by molar-refractivity contribution is 6.23. The zero-order chi connectivity index (χ0) is 12.8. The van der Waals surface area contributed by atoms with E-state index in [9.17, 15) is 14.7 Å². The van der Waals surface area contributed by atoms with Crippen LogP contribution in [0.4, 0.5) is 0 Å². The van der Waals surface area contributed by atoms with E-state index < -0.39 is 5.60 Å². The number of aldehydes is 1. The molecule has 1 unspecified atom stereocenters. The fourth-order valence-corrected chi connectivity index (χ4v) is 1.76. The van der Waals surface area contributed by atoms with Crippen molar-refractivity contribution in [3.63, 3.8) is 0 Å². The standard InChI is InChI=1S/C12H21ClO3/c1-4-10(15)12(16,8-9-14)7-5-6-11(2,3)13/h9,16H,4-8H2,1-3H3. The number of carbonyl (C=O) groups excluding carboxylic acids is 2. The summed E-state index contributed by atoms with van der Waals surface area (Å²) in [5.74, 6) is -0.271. The van der Waals surface area contributed by atoms with Gasteiger partial charge in [0.1, 0.15) is 11.9 Å². The molecule has 4 heteroatoms. The normalized spacial score (nSPS) is 15.6. The molecule has 0 radical (unpaired) electrons. The summed E-state index contributed by atoms with van der Waals surface area (Å²) in [6.07, 6.45) is 2.35. The molecule has 0 aromatic heterocycles. The fraction of sp³-hybridized carbons (Fsp3) is 0.833. The fourth-order valence-electron chi connectivity index (χ4n) is 1.62. The molecule has 0 bridgehead atoms. The Bertz CT molecular complexity index is 245. The van der Waals surface area contributed by atoms with Crippen LogP contribution >= 0.6 is 11.6 Å². The molecule has 0 rings (SSSR count). The molecule has 0 aliphatic carbocycles. The molecular weight excluding hydrogens is 228 g/mol. The minimum atomic E-state index is -1.49. The third kappa shape index (κ3) is 5.61. The van der Waals surface area contributed by atoms with Crippen molar-refractivity contribution in [2.75, 3.05) is 0 Å². The maximum Gasteiger partial charge on any atom is 0.164 e. The van der Waals surface area contributed by atoms with E-state index in [4.69, 9.17) is 11.6 Å². The SMILES string of the molecule is CCC(=O)C(O)(CC=O)CCCC(C)(C)Cl. The monoisotopic (exact) mass is 248 g/mol. The van der Waals surface area contributed by atoms with Crippen molar-refractivity contribution in [1.29, 1.82) is 0 Å². The first-order chi connectivity index (χ1) is 7.25. The van der Waals surface area contributed by atoms with Crippen LogP contribution in [0.5, 0.6) is 0 Å². The van der Waals surface area contributed by atoms with Crippen molar-refractivity contribution in [1.82, 2.24) is 0 Å². The van der Waals surface area contributed by atoms with E-state index in [-0.39, 0.29) is 23.5 Å². The number of ketones is 1. The first-order valence-corrected chi connectivity index (χ1v) is 6.01. The topological polar surface area (TPSA) is 54.4 Å². The molecule has 94 valence electrons. The smallest absolute Gasteiger partial charge is 0.164 e. The average molecular weight is 249 g/mol. The first-order valence-electron chi connectivity index (χ1n) is 5.63. The predicted molar refractivity (Wildman–Crippen MR) is 64.7 cm³/mol. The number of aliphatic hydroxyl groups is 1. The number of hydrogen-bond acceptors (Lipinski definition) is 3. The highest BCUT2D eigenvalue weighted by atomic mass is 35.5. The van der Waals surface area contributed by atoms with E-state index in [1.54, 1.807) is 6.92 Å². The van der Waals surface area contributed by atoms with Gasteiger partial charge in [0.2, 0.25) is 0 Å². The molecular formula is C12H21ClO3. The third-order valence-electron chi connectivity index (χ3n) is 2.62. The van der Waals surface area contributed by atoms with Gasteiger partial charge >= 0.3 is 0 Å². The van der Waals surface area contributed by atoms with Gasteiger partial charge in [0.15, 0.2) is 5.78 Å². The Morgan fingerprint density at radius 3 is 2.31 bits per heavy atom. The van der Waals surface area contributed by atoms with E-state index in [0.717, 1.165) is 0 Å². The number of Topliss-reactive ketones (excluding diaryl/α,β-unsaturated/α-hetero) is 1. The van der Waals surface area contributed by atoms with Crippen LogP contribution in [0, 0.1) is 0 Å². The molecule has 0 fully saturated rings. The van der Waals surface area contributed by atoms with Crippen LogP contribution < -0.4 is 0 Å². The van der Waals surface area contributed by atoms with Crippen LogP contribution in [0.1, 0.15) is 52.9 Å². The Labute approximate surface area is 102 Å². The lowest BCUT2D eigenvalue weighted by molar-refractivity contribution is -0.140. The molecule has 1 atom stereocenters. The van der Waals surface area contributed by atoms with Crippen LogP contribution in [0.2, 0.25) is 0 Å². The molecule has 0 aromatic carbocycles. The van der Waals surface area contributed by atoms with Crippen molar-refractivity contribution < 1.29 is 14.7 Å². The van der Waals surface area contributed by atoms with Crippen LogP contribution in [-0.2, 0) is 9.59 Å². The molecule has 16 heavy (non-hydrogen) atoms. The maximum absolute atomic E-state index is 11.5. The van der Waals surface area contributed by atoms with Crippen molar-refractivity contribution in [2.45, 2.75) is 63.4 Å². The van der Waals surface area contributed by atoms with Crippen LogP contribution in [0.25, 0.3) is 0 Å². The van der Waals surface area contributed by atoms with Gasteiger partial charge in [-0.1, -0.05) is 6.92 Å². The number of alkyl halides is 1. The summed E-state index contributed by atoms with van der Waals surface area (Å²) in [5.41, 5.74) is -1.49. The number of rotatable bonds is 8. The molecule has 0 aliphatic rings. The Morgan fingerprint density at radius 2 is 1.94 bits per heavy atom. The van der Waals surface area contributed by atoms with Gasteiger partial charge in [-0.3, -0.25) is 4.79 Å². The summed E-state index contributed by atoms with van der Waals surface area (Å²) in [6, 6.07) is 0. The quantitative estimate of drug-likeness (QED) is 0.530. The van der Waals surface area contributed by atoms with Gasteiger partial charge in [-0.15, -0.1) is 11.6 Å². The lowest BCUT2D eigenvalue weighted by atomic mass is 9.86. The van der Waals surface area contributed by atoms with E-state index in [1.165, 1.54) is 0 Å². The number of halogens is 1. The number of hydrogen-bond donors (Lipinski definition) is 1. The summed E-state index contributed by atoms with van der Waals surface area (Å²) >= 11 is 6.02. The summed E-state index contributed by atoms with van der Waals surface area (Å²) < 4.78 is 0. The molecule has 0 saturated heterocycles. The van der Waals surface area contributed by atoms with Gasteiger partial charge < -0.3 is 9.90 Å². The van der Waals surface area contributed by atoms with E-state index >= 15 is 0 Å². The zero-order valence-electron chi connectivity index (χ0n) is 10.3. The summed E-state index contributed by atoms with van der Waals surface area (Å²) in [7, 11) is 0.